The zero-order chi connectivity index (χ0) is 20.5. The zero-order valence-electron chi connectivity index (χ0n) is 14.1. The summed E-state index contributed by atoms with van der Waals surface area (Å²) in [7, 11) is 0. The number of carbonyl (C=O) groups is 2. The van der Waals surface area contributed by atoms with Gasteiger partial charge in [-0.1, -0.05) is 48.0 Å². The number of benzene rings is 2. The topological polar surface area (TPSA) is 66.4 Å². The maximum atomic E-state index is 12.9. The number of hydrogen-bond donors (Lipinski definition) is 2. The number of carboxylic acids is 1. The number of nitrogens with one attached hydrogen (secondary N) is 1. The average molecular weight is 428 g/mol. The number of alkyl halides is 3. The molecular formula is C19H13ClF3NO3S. The van der Waals surface area contributed by atoms with Gasteiger partial charge in [0.1, 0.15) is 10.9 Å². The average Bonchev–Trinajstić information content (AvgIpc) is 2.97. The Morgan fingerprint density at radius 2 is 1.82 bits per heavy atom. The molecular weight excluding hydrogens is 415 g/mol. The fourth-order valence-corrected chi connectivity index (χ4v) is 4.12. The molecule has 28 heavy (non-hydrogen) atoms. The molecule has 1 atom stereocenters. The highest BCUT2D eigenvalue weighted by atomic mass is 35.5. The highest BCUT2D eigenvalue weighted by Crippen LogP contribution is 2.39. The van der Waals surface area contributed by atoms with E-state index in [1.807, 2.05) is 0 Å². The SMILES string of the molecule is O=C(N[C@H](Cc1ccccc1)C(=O)O)c1sc2cc(C(F)(F)F)ccc2c1Cl. The number of rotatable bonds is 5. The third kappa shape index (κ3) is 4.28. The first-order valence-electron chi connectivity index (χ1n) is 8.03. The van der Waals surface area contributed by atoms with Crippen LogP contribution in [0.5, 0.6) is 0 Å². The first-order chi connectivity index (χ1) is 13.2. The van der Waals surface area contributed by atoms with Gasteiger partial charge in [-0.2, -0.15) is 13.2 Å². The number of carbonyl (C=O) groups excluding carboxylic acids is 1. The lowest BCUT2D eigenvalue weighted by Crippen LogP contribution is -2.42. The molecule has 1 amide bonds. The molecule has 0 spiro atoms. The van der Waals surface area contributed by atoms with Gasteiger partial charge in [0.15, 0.2) is 0 Å². The Hall–Kier alpha value is -2.58. The molecule has 0 saturated carbocycles. The van der Waals surface area contributed by atoms with Crippen LogP contribution in [-0.2, 0) is 17.4 Å². The molecule has 2 N–H and O–H groups in total. The minimum Gasteiger partial charge on any atom is -0.480 e. The Labute approximate surface area is 166 Å². The van der Waals surface area contributed by atoms with Crippen molar-refractivity contribution in [2.24, 2.45) is 0 Å². The van der Waals surface area contributed by atoms with E-state index >= 15 is 0 Å². The number of fused-ring (bicyclic) bond motifs is 1. The second-order valence-electron chi connectivity index (χ2n) is 6.01. The third-order valence-corrected chi connectivity index (χ3v) is 5.71. The van der Waals surface area contributed by atoms with Gasteiger partial charge in [-0.15, -0.1) is 11.3 Å². The van der Waals surface area contributed by atoms with Crippen molar-refractivity contribution in [2.45, 2.75) is 18.6 Å². The highest BCUT2D eigenvalue weighted by Gasteiger charge is 2.31. The van der Waals surface area contributed by atoms with Crippen LogP contribution >= 0.6 is 22.9 Å². The summed E-state index contributed by atoms with van der Waals surface area (Å²) in [5.41, 5.74) is -0.134. The smallest absolute Gasteiger partial charge is 0.416 e. The molecule has 4 nitrogen and oxygen atoms in total. The van der Waals surface area contributed by atoms with Crippen LogP contribution in [0.2, 0.25) is 5.02 Å². The van der Waals surface area contributed by atoms with Crippen molar-refractivity contribution in [1.29, 1.82) is 0 Å². The van der Waals surface area contributed by atoms with Crippen LogP contribution in [0.4, 0.5) is 13.2 Å². The Morgan fingerprint density at radius 3 is 2.43 bits per heavy atom. The molecule has 0 aliphatic carbocycles. The standard InChI is InChI=1S/C19H13ClF3NO3S/c20-15-12-7-6-11(19(21,22)23)9-14(12)28-16(15)17(25)24-13(18(26)27)8-10-4-2-1-3-5-10/h1-7,9,13H,8H2,(H,24,25)(H,26,27)/t13-/m1/s1. The van der Waals surface area contributed by atoms with Crippen molar-refractivity contribution in [3.05, 3.63) is 69.6 Å². The molecule has 0 fully saturated rings. The van der Waals surface area contributed by atoms with E-state index in [0.717, 1.165) is 23.5 Å². The fourth-order valence-electron chi connectivity index (χ4n) is 2.66. The van der Waals surface area contributed by atoms with E-state index in [1.165, 1.54) is 6.07 Å². The van der Waals surface area contributed by atoms with Crippen LogP contribution in [0.15, 0.2) is 48.5 Å². The zero-order valence-corrected chi connectivity index (χ0v) is 15.7. The monoisotopic (exact) mass is 427 g/mol. The van der Waals surface area contributed by atoms with E-state index in [0.29, 0.717) is 10.9 Å². The molecule has 0 aliphatic heterocycles. The van der Waals surface area contributed by atoms with Crippen molar-refractivity contribution in [3.63, 3.8) is 0 Å². The molecule has 0 saturated heterocycles. The number of amides is 1. The van der Waals surface area contributed by atoms with Gasteiger partial charge >= 0.3 is 12.1 Å². The number of hydrogen-bond acceptors (Lipinski definition) is 3. The van der Waals surface area contributed by atoms with Gasteiger partial charge in [0, 0.05) is 16.5 Å². The maximum Gasteiger partial charge on any atom is 0.416 e. The normalized spacial score (nSPS) is 12.7. The van der Waals surface area contributed by atoms with E-state index in [-0.39, 0.29) is 21.0 Å². The summed E-state index contributed by atoms with van der Waals surface area (Å²) in [4.78, 5) is 24.0. The second kappa shape index (κ2) is 7.81. The summed E-state index contributed by atoms with van der Waals surface area (Å²) in [6.45, 7) is 0. The van der Waals surface area contributed by atoms with Gasteiger partial charge in [0.25, 0.3) is 5.91 Å². The molecule has 146 valence electrons. The predicted molar refractivity (Wildman–Crippen MR) is 101 cm³/mol. The molecule has 0 unspecified atom stereocenters. The summed E-state index contributed by atoms with van der Waals surface area (Å²) in [6.07, 6.45) is -4.46. The molecule has 3 rings (SSSR count). The van der Waals surface area contributed by atoms with Gasteiger partial charge in [-0.05, 0) is 17.7 Å². The minimum absolute atomic E-state index is 0.00456. The van der Waals surface area contributed by atoms with Crippen molar-refractivity contribution >= 4 is 44.9 Å². The summed E-state index contributed by atoms with van der Waals surface area (Å²) >= 11 is 6.95. The number of halogens is 4. The van der Waals surface area contributed by atoms with Gasteiger partial charge in [0.2, 0.25) is 0 Å². The lowest BCUT2D eigenvalue weighted by molar-refractivity contribution is -0.139. The summed E-state index contributed by atoms with van der Waals surface area (Å²) in [5, 5.41) is 12.1. The lowest BCUT2D eigenvalue weighted by Gasteiger charge is -2.14. The Kier molecular flexibility index (Phi) is 5.62. The van der Waals surface area contributed by atoms with Crippen LogP contribution in [0.1, 0.15) is 20.8 Å². The maximum absolute atomic E-state index is 12.9. The summed E-state index contributed by atoms with van der Waals surface area (Å²) in [5.74, 6) is -1.98. The van der Waals surface area contributed by atoms with Crippen molar-refractivity contribution < 1.29 is 27.9 Å². The molecule has 3 aromatic rings. The number of carboxylic acid groups (broad SMARTS) is 1. The van der Waals surface area contributed by atoms with Gasteiger partial charge < -0.3 is 10.4 Å². The molecule has 9 heteroatoms. The Balaban J connectivity index is 1.87. The predicted octanol–water partition coefficient (Wildman–Crippen LogP) is 5.00. The fraction of sp³-hybridized carbons (Fsp3) is 0.158. The molecule has 0 bridgehead atoms. The van der Waals surface area contributed by atoms with Crippen molar-refractivity contribution in [3.8, 4) is 0 Å². The molecule has 0 radical (unpaired) electrons. The summed E-state index contributed by atoms with van der Waals surface area (Å²) < 4.78 is 38.8. The van der Waals surface area contributed by atoms with Crippen LogP contribution in [0.3, 0.4) is 0 Å². The molecule has 1 aromatic heterocycles. The second-order valence-corrected chi connectivity index (χ2v) is 7.44. The van der Waals surface area contributed by atoms with Crippen molar-refractivity contribution in [2.75, 3.05) is 0 Å². The Bertz CT molecular complexity index is 1030. The van der Waals surface area contributed by atoms with Crippen LogP contribution in [0.25, 0.3) is 10.1 Å². The first kappa shape index (κ1) is 20.2. The van der Waals surface area contributed by atoms with E-state index in [4.69, 9.17) is 11.6 Å². The van der Waals surface area contributed by atoms with E-state index in [2.05, 4.69) is 5.32 Å². The van der Waals surface area contributed by atoms with Crippen LogP contribution < -0.4 is 5.32 Å². The van der Waals surface area contributed by atoms with Gasteiger partial charge in [0.05, 0.1) is 10.6 Å². The van der Waals surface area contributed by atoms with Gasteiger partial charge in [-0.25, -0.2) is 4.79 Å². The molecule has 1 heterocycles. The third-order valence-electron chi connectivity index (χ3n) is 4.05. The molecule has 0 aliphatic rings. The number of thiophene rings is 1. The largest absolute Gasteiger partial charge is 0.480 e. The first-order valence-corrected chi connectivity index (χ1v) is 9.23. The minimum atomic E-state index is -4.52. The molecule has 2 aromatic carbocycles. The van der Waals surface area contributed by atoms with Gasteiger partial charge in [-0.3, -0.25) is 4.79 Å². The summed E-state index contributed by atoms with van der Waals surface area (Å²) in [6, 6.07) is 10.5. The van der Waals surface area contributed by atoms with Crippen LogP contribution in [-0.4, -0.2) is 23.0 Å². The van der Waals surface area contributed by atoms with Crippen molar-refractivity contribution in [1.82, 2.24) is 5.32 Å². The number of aliphatic carboxylic acids is 1. The lowest BCUT2D eigenvalue weighted by atomic mass is 10.1. The van der Waals surface area contributed by atoms with E-state index in [9.17, 15) is 27.9 Å². The Morgan fingerprint density at radius 1 is 1.14 bits per heavy atom. The van der Waals surface area contributed by atoms with Crippen LogP contribution in [0, 0.1) is 0 Å². The highest BCUT2D eigenvalue weighted by molar-refractivity contribution is 7.21. The van der Waals surface area contributed by atoms with E-state index in [1.54, 1.807) is 30.3 Å². The quantitative estimate of drug-likeness (QED) is 0.602. The van der Waals surface area contributed by atoms with E-state index < -0.39 is 29.7 Å².